The zero-order chi connectivity index (χ0) is 14.5. The van der Waals surface area contributed by atoms with E-state index in [2.05, 4.69) is 10.9 Å². The van der Waals surface area contributed by atoms with Crippen molar-refractivity contribution in [3.8, 4) is 22.9 Å². The van der Waals surface area contributed by atoms with E-state index in [1.165, 1.54) is 11.3 Å². The molecule has 1 aromatic heterocycles. The number of carboxylic acids is 1. The molecule has 1 aromatic carbocycles. The van der Waals surface area contributed by atoms with Crippen LogP contribution in [0.3, 0.4) is 0 Å². The predicted octanol–water partition coefficient (Wildman–Crippen LogP) is 2.97. The molecule has 0 atom stereocenters. The van der Waals surface area contributed by atoms with E-state index in [9.17, 15) is 4.79 Å². The fraction of sp³-hybridized carbons (Fsp3) is 0.200. The second kappa shape index (κ2) is 6.33. The number of nitrogens with zero attached hydrogens (tertiary/aromatic N) is 1. The molecule has 0 saturated carbocycles. The molecule has 0 saturated heterocycles. The van der Waals surface area contributed by atoms with E-state index in [1.807, 2.05) is 24.3 Å². The number of hydrogen-bond acceptors (Lipinski definition) is 4. The Morgan fingerprint density at radius 3 is 2.70 bits per heavy atom. The molecule has 20 heavy (non-hydrogen) atoms. The van der Waals surface area contributed by atoms with Crippen LogP contribution in [-0.2, 0) is 11.3 Å². The average molecular weight is 287 g/mol. The van der Waals surface area contributed by atoms with Crippen molar-refractivity contribution in [3.63, 3.8) is 0 Å². The lowest BCUT2D eigenvalue weighted by atomic mass is 10.1. The second-order valence-corrected chi connectivity index (χ2v) is 5.13. The first-order chi connectivity index (χ1) is 9.61. The maximum absolute atomic E-state index is 11.0. The highest BCUT2D eigenvalue weighted by Gasteiger charge is 2.14. The van der Waals surface area contributed by atoms with Gasteiger partial charge in [0.2, 0.25) is 0 Å². The van der Waals surface area contributed by atoms with Gasteiger partial charge in [-0.15, -0.1) is 17.8 Å². The van der Waals surface area contributed by atoms with Crippen molar-refractivity contribution in [2.24, 2.45) is 0 Å². The molecular weight excluding hydrogens is 274 g/mol. The van der Waals surface area contributed by atoms with Gasteiger partial charge < -0.3 is 9.84 Å². The van der Waals surface area contributed by atoms with Gasteiger partial charge in [0.25, 0.3) is 0 Å². The number of terminal acetylenes is 1. The molecule has 0 aliphatic heterocycles. The molecule has 2 rings (SSSR count). The zero-order valence-electron chi connectivity index (χ0n) is 10.9. The molecule has 2 aromatic rings. The lowest BCUT2D eigenvalue weighted by molar-refractivity contribution is 0.0701. The number of carbonyl (C=O) groups is 1. The summed E-state index contributed by atoms with van der Waals surface area (Å²) in [4.78, 5) is 15.6. The summed E-state index contributed by atoms with van der Waals surface area (Å²) >= 11 is 1.18. The Morgan fingerprint density at radius 1 is 1.45 bits per heavy atom. The first-order valence-electron chi connectivity index (χ1n) is 5.93. The van der Waals surface area contributed by atoms with Crippen LogP contribution in [-0.4, -0.2) is 22.7 Å². The van der Waals surface area contributed by atoms with Crippen LogP contribution in [0.1, 0.15) is 20.9 Å². The Morgan fingerprint density at radius 2 is 2.15 bits per heavy atom. The topological polar surface area (TPSA) is 59.4 Å². The third-order valence-electron chi connectivity index (χ3n) is 2.65. The standard InChI is InChI=1S/C15H13NO3S/c1-3-8-19-9-11-4-6-12(7-5-11)14-16-10(2)13(20-14)15(17)18/h1,4-7H,8-9H2,2H3,(H,17,18). The van der Waals surface area contributed by atoms with E-state index in [4.69, 9.17) is 16.3 Å². The molecule has 4 nitrogen and oxygen atoms in total. The Labute approximate surface area is 121 Å². The van der Waals surface area contributed by atoms with Crippen LogP contribution < -0.4 is 0 Å². The van der Waals surface area contributed by atoms with Crippen molar-refractivity contribution in [2.45, 2.75) is 13.5 Å². The van der Waals surface area contributed by atoms with Crippen LogP contribution in [0, 0.1) is 19.3 Å². The van der Waals surface area contributed by atoms with Crippen molar-refractivity contribution in [1.82, 2.24) is 4.98 Å². The molecule has 0 aliphatic rings. The van der Waals surface area contributed by atoms with Crippen LogP contribution in [0.4, 0.5) is 0 Å². The maximum atomic E-state index is 11.0. The molecule has 0 aliphatic carbocycles. The molecular formula is C15H13NO3S. The van der Waals surface area contributed by atoms with Crippen molar-refractivity contribution in [2.75, 3.05) is 6.61 Å². The van der Waals surface area contributed by atoms with Gasteiger partial charge in [0.1, 0.15) is 16.5 Å². The van der Waals surface area contributed by atoms with Crippen LogP contribution >= 0.6 is 11.3 Å². The fourth-order valence-corrected chi connectivity index (χ4v) is 2.60. The van der Waals surface area contributed by atoms with E-state index in [0.717, 1.165) is 11.1 Å². The normalized spacial score (nSPS) is 10.2. The van der Waals surface area contributed by atoms with Gasteiger partial charge in [-0.1, -0.05) is 30.2 Å². The summed E-state index contributed by atoms with van der Waals surface area (Å²) in [5.41, 5.74) is 2.45. The molecule has 0 bridgehead atoms. The maximum Gasteiger partial charge on any atom is 0.347 e. The smallest absolute Gasteiger partial charge is 0.347 e. The quantitative estimate of drug-likeness (QED) is 0.678. The highest BCUT2D eigenvalue weighted by atomic mass is 32.1. The number of thiazole rings is 1. The number of aromatic carboxylic acids is 1. The summed E-state index contributed by atoms with van der Waals surface area (Å²) in [6, 6.07) is 7.64. The number of hydrogen-bond donors (Lipinski definition) is 1. The van der Waals surface area contributed by atoms with Gasteiger partial charge in [0, 0.05) is 5.56 Å². The Hall–Kier alpha value is -2.16. The van der Waals surface area contributed by atoms with E-state index in [-0.39, 0.29) is 11.5 Å². The number of benzene rings is 1. The summed E-state index contributed by atoms with van der Waals surface area (Å²) in [5.74, 6) is 1.47. The summed E-state index contributed by atoms with van der Waals surface area (Å²) in [6.07, 6.45) is 5.10. The average Bonchev–Trinajstić information content (AvgIpc) is 2.82. The molecule has 1 N–H and O–H groups in total. The first kappa shape index (κ1) is 14.3. The fourth-order valence-electron chi connectivity index (χ4n) is 1.69. The van der Waals surface area contributed by atoms with Crippen molar-refractivity contribution in [1.29, 1.82) is 0 Å². The highest BCUT2D eigenvalue weighted by molar-refractivity contribution is 7.17. The summed E-state index contributed by atoms with van der Waals surface area (Å²) in [7, 11) is 0. The lowest BCUT2D eigenvalue weighted by Crippen LogP contribution is -1.94. The molecule has 0 unspecified atom stereocenters. The third kappa shape index (κ3) is 3.23. The van der Waals surface area contributed by atoms with Gasteiger partial charge in [-0.2, -0.15) is 0 Å². The number of carboxylic acid groups (broad SMARTS) is 1. The Bertz CT molecular complexity index is 653. The van der Waals surface area contributed by atoms with E-state index in [1.54, 1.807) is 6.92 Å². The van der Waals surface area contributed by atoms with E-state index >= 15 is 0 Å². The minimum atomic E-state index is -0.939. The minimum Gasteiger partial charge on any atom is -0.477 e. The minimum absolute atomic E-state index is 0.279. The monoisotopic (exact) mass is 287 g/mol. The summed E-state index contributed by atoms with van der Waals surface area (Å²) < 4.78 is 5.24. The Kier molecular flexibility index (Phi) is 4.51. The van der Waals surface area contributed by atoms with Crippen molar-refractivity contribution >= 4 is 17.3 Å². The number of aromatic nitrogens is 1. The molecule has 1 heterocycles. The largest absolute Gasteiger partial charge is 0.477 e. The molecule has 0 radical (unpaired) electrons. The molecule has 0 spiro atoms. The molecule has 5 heteroatoms. The van der Waals surface area contributed by atoms with Gasteiger partial charge in [-0.3, -0.25) is 0 Å². The van der Waals surface area contributed by atoms with E-state index in [0.29, 0.717) is 17.3 Å². The van der Waals surface area contributed by atoms with Gasteiger partial charge in [-0.25, -0.2) is 9.78 Å². The number of rotatable bonds is 5. The van der Waals surface area contributed by atoms with Gasteiger partial charge in [0.15, 0.2) is 0 Å². The number of aryl methyl sites for hydroxylation is 1. The SMILES string of the molecule is C#CCOCc1ccc(-c2nc(C)c(C(=O)O)s2)cc1. The molecule has 0 amide bonds. The van der Waals surface area contributed by atoms with Crippen LogP contribution in [0.15, 0.2) is 24.3 Å². The molecule has 102 valence electrons. The first-order valence-corrected chi connectivity index (χ1v) is 6.74. The van der Waals surface area contributed by atoms with Crippen LogP contribution in [0.25, 0.3) is 10.6 Å². The van der Waals surface area contributed by atoms with Gasteiger partial charge >= 0.3 is 5.97 Å². The Balaban J connectivity index is 2.16. The second-order valence-electron chi connectivity index (χ2n) is 4.13. The third-order valence-corrected chi connectivity index (χ3v) is 3.84. The van der Waals surface area contributed by atoms with Gasteiger partial charge in [-0.05, 0) is 12.5 Å². The summed E-state index contributed by atoms with van der Waals surface area (Å²) in [6.45, 7) is 2.45. The summed E-state index contributed by atoms with van der Waals surface area (Å²) in [5, 5.41) is 9.73. The lowest BCUT2D eigenvalue weighted by Gasteiger charge is -2.02. The van der Waals surface area contributed by atoms with E-state index < -0.39 is 5.97 Å². The van der Waals surface area contributed by atoms with Crippen molar-refractivity contribution < 1.29 is 14.6 Å². The number of ether oxygens (including phenoxy) is 1. The van der Waals surface area contributed by atoms with Crippen LogP contribution in [0.5, 0.6) is 0 Å². The predicted molar refractivity (Wildman–Crippen MR) is 77.7 cm³/mol. The highest BCUT2D eigenvalue weighted by Crippen LogP contribution is 2.28. The zero-order valence-corrected chi connectivity index (χ0v) is 11.7. The molecule has 0 fully saturated rings. The van der Waals surface area contributed by atoms with Gasteiger partial charge in [0.05, 0.1) is 12.3 Å². The van der Waals surface area contributed by atoms with Crippen molar-refractivity contribution in [3.05, 3.63) is 40.4 Å². The van der Waals surface area contributed by atoms with Crippen LogP contribution in [0.2, 0.25) is 0 Å².